The number of hydrogen-bond acceptors (Lipinski definition) is 4. The van der Waals surface area contributed by atoms with Crippen molar-refractivity contribution in [1.82, 2.24) is 9.80 Å². The molecule has 3 nitrogen and oxygen atoms in total. The van der Waals surface area contributed by atoms with Crippen molar-refractivity contribution >= 4 is 11.3 Å². The molecule has 0 bridgehead atoms. The molecule has 0 aromatic carbocycles. The Kier molecular flexibility index (Phi) is 4.43. The van der Waals surface area contributed by atoms with Gasteiger partial charge < -0.3 is 10.0 Å². The molecule has 1 aromatic rings. The molecule has 0 saturated carbocycles. The number of likely N-dealkylation sites (N-methyl/N-ethyl adjacent to an activating group) is 1. The fourth-order valence-electron chi connectivity index (χ4n) is 2.83. The van der Waals surface area contributed by atoms with E-state index in [2.05, 4.69) is 28.2 Å². The molecule has 0 spiro atoms. The molecule has 4 heteroatoms. The highest BCUT2D eigenvalue weighted by Crippen LogP contribution is 2.25. The Morgan fingerprint density at radius 1 is 1.50 bits per heavy atom. The van der Waals surface area contributed by atoms with E-state index < -0.39 is 5.60 Å². The number of piperidine rings is 1. The maximum Gasteiger partial charge on any atom is 0.0900 e. The van der Waals surface area contributed by atoms with Crippen molar-refractivity contribution in [3.8, 4) is 0 Å². The van der Waals surface area contributed by atoms with E-state index in [0.717, 1.165) is 39.0 Å². The summed E-state index contributed by atoms with van der Waals surface area (Å²) in [5.74, 6) is 0. The Labute approximate surface area is 114 Å². The highest BCUT2D eigenvalue weighted by molar-refractivity contribution is 7.10. The van der Waals surface area contributed by atoms with Gasteiger partial charge in [0.05, 0.1) is 5.60 Å². The monoisotopic (exact) mass is 268 g/mol. The number of thiophene rings is 1. The van der Waals surface area contributed by atoms with Crippen molar-refractivity contribution in [3.63, 3.8) is 0 Å². The van der Waals surface area contributed by atoms with E-state index in [9.17, 15) is 5.11 Å². The van der Waals surface area contributed by atoms with E-state index in [0.29, 0.717) is 0 Å². The maximum absolute atomic E-state index is 10.6. The Morgan fingerprint density at radius 2 is 2.28 bits per heavy atom. The Balaban J connectivity index is 1.96. The standard InChI is InChI=1S/C14H24N2OS/c1-12-5-8-18-13(12)9-16-7-4-6-14(17,11-16)10-15(2)3/h5,8,17H,4,6-7,9-11H2,1-3H3. The van der Waals surface area contributed by atoms with Gasteiger partial charge in [-0.2, -0.15) is 0 Å². The summed E-state index contributed by atoms with van der Waals surface area (Å²) in [5, 5.41) is 12.8. The summed E-state index contributed by atoms with van der Waals surface area (Å²) < 4.78 is 0. The zero-order valence-corrected chi connectivity index (χ0v) is 12.5. The second-order valence-corrected chi connectivity index (χ2v) is 6.80. The molecule has 0 amide bonds. The fraction of sp³-hybridized carbons (Fsp3) is 0.714. The highest BCUT2D eigenvalue weighted by Gasteiger charge is 2.33. The molecule has 102 valence electrons. The summed E-state index contributed by atoms with van der Waals surface area (Å²) >= 11 is 1.82. The van der Waals surface area contributed by atoms with Crippen LogP contribution in [0.5, 0.6) is 0 Å². The molecule has 1 aliphatic heterocycles. The van der Waals surface area contributed by atoms with Crippen LogP contribution < -0.4 is 0 Å². The first-order chi connectivity index (χ1) is 8.48. The quantitative estimate of drug-likeness (QED) is 0.904. The lowest BCUT2D eigenvalue weighted by Gasteiger charge is -2.40. The van der Waals surface area contributed by atoms with Gasteiger partial charge in [-0.3, -0.25) is 4.90 Å². The van der Waals surface area contributed by atoms with E-state index in [1.54, 1.807) is 0 Å². The number of rotatable bonds is 4. The van der Waals surface area contributed by atoms with Crippen LogP contribution in [0.1, 0.15) is 23.3 Å². The fourth-order valence-corrected chi connectivity index (χ4v) is 3.78. The van der Waals surface area contributed by atoms with Crippen LogP contribution in [-0.4, -0.2) is 54.2 Å². The normalized spacial score (nSPS) is 25.8. The summed E-state index contributed by atoms with van der Waals surface area (Å²) in [4.78, 5) is 5.91. The summed E-state index contributed by atoms with van der Waals surface area (Å²) in [7, 11) is 4.06. The molecule has 2 heterocycles. The van der Waals surface area contributed by atoms with Crippen molar-refractivity contribution in [2.24, 2.45) is 0 Å². The number of hydrogen-bond donors (Lipinski definition) is 1. The minimum atomic E-state index is -0.535. The number of aliphatic hydroxyl groups is 1. The van der Waals surface area contributed by atoms with Gasteiger partial charge in [-0.25, -0.2) is 0 Å². The first-order valence-corrected chi connectivity index (χ1v) is 7.49. The molecule has 1 atom stereocenters. The van der Waals surface area contributed by atoms with Crippen LogP contribution in [0.3, 0.4) is 0 Å². The molecule has 1 aliphatic rings. The highest BCUT2D eigenvalue weighted by atomic mass is 32.1. The van der Waals surface area contributed by atoms with Gasteiger partial charge in [-0.1, -0.05) is 0 Å². The van der Waals surface area contributed by atoms with Gasteiger partial charge in [0.15, 0.2) is 0 Å². The number of aryl methyl sites for hydroxylation is 1. The molecule has 0 aliphatic carbocycles. The van der Waals surface area contributed by atoms with Crippen LogP contribution in [0.15, 0.2) is 11.4 Å². The topological polar surface area (TPSA) is 26.7 Å². The van der Waals surface area contributed by atoms with Crippen LogP contribution in [0.25, 0.3) is 0 Å². The third-order valence-corrected chi connectivity index (χ3v) is 4.59. The van der Waals surface area contributed by atoms with Crippen LogP contribution in [0.4, 0.5) is 0 Å². The number of nitrogens with zero attached hydrogens (tertiary/aromatic N) is 2. The third-order valence-electron chi connectivity index (χ3n) is 3.58. The zero-order valence-electron chi connectivity index (χ0n) is 11.6. The zero-order chi connectivity index (χ0) is 13.2. The van der Waals surface area contributed by atoms with Gasteiger partial charge in [0.25, 0.3) is 0 Å². The average Bonchev–Trinajstić information content (AvgIpc) is 2.62. The van der Waals surface area contributed by atoms with Crippen molar-refractivity contribution in [2.75, 3.05) is 33.7 Å². The minimum Gasteiger partial charge on any atom is -0.387 e. The minimum absolute atomic E-state index is 0.535. The molecule has 2 rings (SSSR count). The summed E-state index contributed by atoms with van der Waals surface area (Å²) in [5.41, 5.74) is 0.842. The average molecular weight is 268 g/mol. The predicted molar refractivity (Wildman–Crippen MR) is 77.1 cm³/mol. The van der Waals surface area contributed by atoms with Gasteiger partial charge in [0.1, 0.15) is 0 Å². The lowest BCUT2D eigenvalue weighted by atomic mass is 9.92. The second-order valence-electron chi connectivity index (χ2n) is 5.80. The van der Waals surface area contributed by atoms with Crippen LogP contribution >= 0.6 is 11.3 Å². The first kappa shape index (κ1) is 14.0. The lowest BCUT2D eigenvalue weighted by Crippen LogP contribution is -2.52. The van der Waals surface area contributed by atoms with E-state index >= 15 is 0 Å². The first-order valence-electron chi connectivity index (χ1n) is 6.61. The van der Waals surface area contributed by atoms with E-state index in [-0.39, 0.29) is 0 Å². The van der Waals surface area contributed by atoms with Crippen LogP contribution in [-0.2, 0) is 6.54 Å². The van der Waals surface area contributed by atoms with Crippen molar-refractivity contribution < 1.29 is 5.11 Å². The molecule has 1 N–H and O–H groups in total. The largest absolute Gasteiger partial charge is 0.387 e. The second kappa shape index (κ2) is 5.70. The number of β-amino-alcohol motifs (C(OH)–C–C–N with tert-alkyl or cyclic N) is 1. The van der Waals surface area contributed by atoms with Crippen LogP contribution in [0, 0.1) is 6.92 Å². The molecule has 1 fully saturated rings. The molecule has 18 heavy (non-hydrogen) atoms. The Bertz CT molecular complexity index is 391. The van der Waals surface area contributed by atoms with E-state index in [1.165, 1.54) is 10.4 Å². The van der Waals surface area contributed by atoms with Gasteiger partial charge in [0.2, 0.25) is 0 Å². The van der Waals surface area contributed by atoms with Gasteiger partial charge in [-0.05, 0) is 57.4 Å². The molecule has 1 aromatic heterocycles. The summed E-state index contributed by atoms with van der Waals surface area (Å²) in [6.45, 7) is 5.81. The molecule has 0 radical (unpaired) electrons. The molecule has 1 saturated heterocycles. The van der Waals surface area contributed by atoms with Crippen LogP contribution in [0.2, 0.25) is 0 Å². The molecular formula is C14H24N2OS. The molecular weight excluding hydrogens is 244 g/mol. The Morgan fingerprint density at radius 3 is 2.89 bits per heavy atom. The SMILES string of the molecule is Cc1ccsc1CN1CCCC(O)(CN(C)C)C1. The van der Waals surface area contributed by atoms with Crippen molar-refractivity contribution in [3.05, 3.63) is 21.9 Å². The molecule has 1 unspecified atom stereocenters. The van der Waals surface area contributed by atoms with E-state index in [1.807, 2.05) is 25.4 Å². The Hall–Kier alpha value is -0.420. The van der Waals surface area contributed by atoms with Crippen molar-refractivity contribution in [1.29, 1.82) is 0 Å². The lowest BCUT2D eigenvalue weighted by molar-refractivity contribution is -0.0478. The van der Waals surface area contributed by atoms with E-state index in [4.69, 9.17) is 0 Å². The van der Waals surface area contributed by atoms with Crippen molar-refractivity contribution in [2.45, 2.75) is 31.9 Å². The van der Waals surface area contributed by atoms with Gasteiger partial charge >= 0.3 is 0 Å². The van der Waals surface area contributed by atoms with Gasteiger partial charge in [0, 0.05) is 24.5 Å². The predicted octanol–water partition coefficient (Wildman–Crippen LogP) is 1.95. The summed E-state index contributed by atoms with van der Waals surface area (Å²) in [6.07, 6.45) is 2.01. The summed E-state index contributed by atoms with van der Waals surface area (Å²) in [6, 6.07) is 2.18. The number of likely N-dealkylation sites (tertiary alicyclic amines) is 1. The third kappa shape index (κ3) is 3.54. The maximum atomic E-state index is 10.6. The van der Waals surface area contributed by atoms with Gasteiger partial charge in [-0.15, -0.1) is 11.3 Å². The smallest absolute Gasteiger partial charge is 0.0900 e.